The molecule has 2 aromatic heterocycles. The monoisotopic (exact) mass is 173 g/mol. The molecule has 0 aliphatic carbocycles. The van der Waals surface area contributed by atoms with E-state index in [2.05, 4.69) is 4.98 Å². The summed E-state index contributed by atoms with van der Waals surface area (Å²) in [6.07, 6.45) is 7.48. The van der Waals surface area contributed by atoms with Gasteiger partial charge in [-0.3, -0.25) is 0 Å². The molecule has 0 aromatic carbocycles. The molecule has 0 amide bonds. The van der Waals surface area contributed by atoms with Crippen LogP contribution in [-0.2, 0) is 6.54 Å². The summed E-state index contributed by atoms with van der Waals surface area (Å²) in [7, 11) is 0. The van der Waals surface area contributed by atoms with E-state index in [9.17, 15) is 0 Å². The van der Waals surface area contributed by atoms with Crippen molar-refractivity contribution in [3.8, 4) is 6.07 Å². The fourth-order valence-corrected chi connectivity index (χ4v) is 0.835. The molecule has 2 rings (SSSR count). The molecule has 0 aliphatic heterocycles. The van der Waals surface area contributed by atoms with Gasteiger partial charge in [0.2, 0.25) is 0 Å². The number of nitriles is 1. The zero-order chi connectivity index (χ0) is 9.36. The van der Waals surface area contributed by atoms with Gasteiger partial charge in [-0.15, -0.1) is 0 Å². The van der Waals surface area contributed by atoms with Gasteiger partial charge in [-0.1, -0.05) is 0 Å². The summed E-state index contributed by atoms with van der Waals surface area (Å²) in [4.78, 5) is 2.86. The van der Waals surface area contributed by atoms with Gasteiger partial charge in [-0.05, 0) is 24.3 Å². The molecular formula is C10H11N3. The van der Waals surface area contributed by atoms with Crippen LogP contribution in [-0.4, -0.2) is 9.55 Å². The summed E-state index contributed by atoms with van der Waals surface area (Å²) in [5, 5.41) is 8.17. The Labute approximate surface area is 77.2 Å². The second-order valence-electron chi connectivity index (χ2n) is 2.40. The minimum atomic E-state index is 0.451. The van der Waals surface area contributed by atoms with Gasteiger partial charge in [0.15, 0.2) is 0 Å². The smallest absolute Gasteiger partial charge is 0.109 e. The summed E-state index contributed by atoms with van der Waals surface area (Å²) in [5.74, 6) is 0. The maximum absolute atomic E-state index is 8.17. The van der Waals surface area contributed by atoms with Crippen molar-refractivity contribution >= 4 is 0 Å². The number of aromatic nitrogens is 2. The number of aromatic amines is 1. The third kappa shape index (κ3) is 3.82. The molecule has 0 unspecified atom stereocenters. The van der Waals surface area contributed by atoms with E-state index in [1.807, 2.05) is 59.7 Å². The molecule has 0 spiro atoms. The first kappa shape index (κ1) is 9.14. The van der Waals surface area contributed by atoms with E-state index in [-0.39, 0.29) is 0 Å². The van der Waals surface area contributed by atoms with Crippen molar-refractivity contribution in [1.29, 1.82) is 5.26 Å². The van der Waals surface area contributed by atoms with Crippen LogP contribution in [0.5, 0.6) is 0 Å². The Morgan fingerprint density at radius 1 is 1.08 bits per heavy atom. The molecule has 2 heterocycles. The molecule has 0 radical (unpaired) electrons. The molecule has 13 heavy (non-hydrogen) atoms. The van der Waals surface area contributed by atoms with E-state index in [1.54, 1.807) is 0 Å². The normalized spacial score (nSPS) is 8.23. The predicted molar refractivity (Wildman–Crippen MR) is 50.8 cm³/mol. The van der Waals surface area contributed by atoms with E-state index in [1.165, 1.54) is 0 Å². The van der Waals surface area contributed by atoms with E-state index < -0.39 is 0 Å². The Hall–Kier alpha value is -1.95. The molecule has 0 saturated carbocycles. The van der Waals surface area contributed by atoms with Crippen LogP contribution < -0.4 is 0 Å². The van der Waals surface area contributed by atoms with Crippen molar-refractivity contribution in [1.82, 2.24) is 9.55 Å². The molecule has 3 nitrogen and oxygen atoms in total. The average molecular weight is 173 g/mol. The first-order valence-corrected chi connectivity index (χ1v) is 3.99. The maximum atomic E-state index is 8.17. The van der Waals surface area contributed by atoms with Crippen LogP contribution in [0.15, 0.2) is 49.1 Å². The van der Waals surface area contributed by atoms with Gasteiger partial charge in [-0.2, -0.15) is 5.26 Å². The maximum Gasteiger partial charge on any atom is 0.109 e. The van der Waals surface area contributed by atoms with Crippen LogP contribution in [0.4, 0.5) is 0 Å². The molecule has 0 bridgehead atoms. The second-order valence-corrected chi connectivity index (χ2v) is 2.40. The van der Waals surface area contributed by atoms with E-state index in [4.69, 9.17) is 5.26 Å². The second kappa shape index (κ2) is 5.67. The Morgan fingerprint density at radius 3 is 2.08 bits per heavy atom. The van der Waals surface area contributed by atoms with Crippen molar-refractivity contribution in [2.24, 2.45) is 0 Å². The van der Waals surface area contributed by atoms with Gasteiger partial charge >= 0.3 is 0 Å². The molecule has 3 heteroatoms. The summed E-state index contributed by atoms with van der Waals surface area (Å²) < 4.78 is 1.82. The first-order valence-electron chi connectivity index (χ1n) is 3.99. The number of nitrogens with zero attached hydrogens (tertiary/aromatic N) is 2. The van der Waals surface area contributed by atoms with Crippen molar-refractivity contribution in [3.05, 3.63) is 49.1 Å². The molecule has 0 saturated heterocycles. The Balaban J connectivity index is 0.000000145. The highest BCUT2D eigenvalue weighted by Gasteiger charge is 1.80. The highest BCUT2D eigenvalue weighted by atomic mass is 14.9. The highest BCUT2D eigenvalue weighted by Crippen LogP contribution is 1.86. The SMILES string of the molecule is N#CCn1cccc1.c1cc[nH]c1. The summed E-state index contributed by atoms with van der Waals surface area (Å²) in [6, 6.07) is 9.72. The minimum absolute atomic E-state index is 0.451. The van der Waals surface area contributed by atoms with Crippen molar-refractivity contribution in [2.75, 3.05) is 0 Å². The summed E-state index contributed by atoms with van der Waals surface area (Å²) >= 11 is 0. The highest BCUT2D eigenvalue weighted by molar-refractivity contribution is 4.92. The van der Waals surface area contributed by atoms with Crippen LogP contribution >= 0.6 is 0 Å². The lowest BCUT2D eigenvalue weighted by Gasteiger charge is -1.87. The van der Waals surface area contributed by atoms with Crippen molar-refractivity contribution in [3.63, 3.8) is 0 Å². The van der Waals surface area contributed by atoms with Gasteiger partial charge in [-0.25, -0.2) is 0 Å². The van der Waals surface area contributed by atoms with Crippen LogP contribution in [0, 0.1) is 11.3 Å². The standard InChI is InChI=1S/C6H6N2.C4H5N/c7-3-6-8-4-1-2-5-8;1-2-4-5-3-1/h1-2,4-5H,6H2;1-5H. The molecule has 66 valence electrons. The number of hydrogen-bond donors (Lipinski definition) is 1. The Morgan fingerprint density at radius 2 is 1.69 bits per heavy atom. The molecule has 1 N–H and O–H groups in total. The van der Waals surface area contributed by atoms with Crippen LogP contribution in [0.1, 0.15) is 0 Å². The number of hydrogen-bond acceptors (Lipinski definition) is 1. The van der Waals surface area contributed by atoms with E-state index in [0.29, 0.717) is 6.54 Å². The van der Waals surface area contributed by atoms with Crippen molar-refractivity contribution in [2.45, 2.75) is 6.54 Å². The topological polar surface area (TPSA) is 44.5 Å². The van der Waals surface area contributed by atoms with E-state index in [0.717, 1.165) is 0 Å². The first-order chi connectivity index (χ1) is 6.43. The number of nitrogens with one attached hydrogen (secondary N) is 1. The van der Waals surface area contributed by atoms with Gasteiger partial charge in [0.1, 0.15) is 6.54 Å². The fraction of sp³-hybridized carbons (Fsp3) is 0.100. The lowest BCUT2D eigenvalue weighted by molar-refractivity contribution is 0.841. The average Bonchev–Trinajstić information content (AvgIpc) is 2.79. The van der Waals surface area contributed by atoms with Gasteiger partial charge in [0, 0.05) is 24.8 Å². The summed E-state index contributed by atoms with van der Waals surface area (Å²) in [6.45, 7) is 0.451. The minimum Gasteiger partial charge on any atom is -0.368 e. The summed E-state index contributed by atoms with van der Waals surface area (Å²) in [5.41, 5.74) is 0. The molecule has 0 fully saturated rings. The quantitative estimate of drug-likeness (QED) is 0.704. The number of rotatable bonds is 1. The van der Waals surface area contributed by atoms with Gasteiger partial charge < -0.3 is 9.55 Å². The lowest BCUT2D eigenvalue weighted by Crippen LogP contribution is -1.87. The third-order valence-corrected chi connectivity index (χ3v) is 1.42. The molecule has 2 aromatic rings. The van der Waals surface area contributed by atoms with Gasteiger partial charge in [0.25, 0.3) is 0 Å². The van der Waals surface area contributed by atoms with Crippen LogP contribution in [0.25, 0.3) is 0 Å². The van der Waals surface area contributed by atoms with Gasteiger partial charge in [0.05, 0.1) is 6.07 Å². The zero-order valence-corrected chi connectivity index (χ0v) is 7.22. The van der Waals surface area contributed by atoms with Crippen LogP contribution in [0.3, 0.4) is 0 Å². The van der Waals surface area contributed by atoms with E-state index >= 15 is 0 Å². The Kier molecular flexibility index (Phi) is 3.99. The Bertz CT molecular complexity index is 309. The number of H-pyrrole nitrogens is 1. The lowest BCUT2D eigenvalue weighted by atomic mass is 10.7. The largest absolute Gasteiger partial charge is 0.368 e. The molecular weight excluding hydrogens is 162 g/mol. The fourth-order valence-electron chi connectivity index (χ4n) is 0.835. The third-order valence-electron chi connectivity index (χ3n) is 1.42. The molecule has 0 aliphatic rings. The molecule has 0 atom stereocenters. The predicted octanol–water partition coefficient (Wildman–Crippen LogP) is 2.03. The van der Waals surface area contributed by atoms with Crippen molar-refractivity contribution < 1.29 is 0 Å². The van der Waals surface area contributed by atoms with Crippen LogP contribution in [0.2, 0.25) is 0 Å². The zero-order valence-electron chi connectivity index (χ0n) is 7.22.